The summed E-state index contributed by atoms with van der Waals surface area (Å²) < 4.78 is 0. The minimum atomic E-state index is 0.496. The van der Waals surface area contributed by atoms with Crippen molar-refractivity contribution in [2.24, 2.45) is 17.0 Å². The minimum Gasteiger partial charge on any atom is -0.396 e. The highest BCUT2D eigenvalue weighted by molar-refractivity contribution is 5.78. The maximum atomic E-state index is 5.53. The standard InChI is InChI=1S/C23H31NO/c1-19(2)24-25-18-20(3)23(16-14-21-10-6-4-7-11-21)17-15-22-12-8-5-9-13-22/h4-13,20,23H,14-18H2,1-3H3/t20-/m0/s1. The Bertz CT molecular complexity index is 574. The van der Waals surface area contributed by atoms with Crippen LogP contribution in [0, 0.1) is 11.8 Å². The Balaban J connectivity index is 1.92. The second-order valence-electron chi connectivity index (χ2n) is 7.12. The van der Waals surface area contributed by atoms with Crippen molar-refractivity contribution in [1.82, 2.24) is 0 Å². The first kappa shape index (κ1) is 19.2. The van der Waals surface area contributed by atoms with Gasteiger partial charge >= 0.3 is 0 Å². The quantitative estimate of drug-likeness (QED) is 0.390. The smallest absolute Gasteiger partial charge is 0.120 e. The topological polar surface area (TPSA) is 21.6 Å². The second kappa shape index (κ2) is 10.7. The Morgan fingerprint density at radius 2 is 1.32 bits per heavy atom. The Morgan fingerprint density at radius 3 is 1.76 bits per heavy atom. The van der Waals surface area contributed by atoms with Crippen LogP contribution >= 0.6 is 0 Å². The highest BCUT2D eigenvalue weighted by Crippen LogP contribution is 2.24. The fourth-order valence-electron chi connectivity index (χ4n) is 3.13. The van der Waals surface area contributed by atoms with Crippen molar-refractivity contribution in [2.45, 2.75) is 46.5 Å². The minimum absolute atomic E-state index is 0.496. The Morgan fingerprint density at radius 1 is 0.840 bits per heavy atom. The van der Waals surface area contributed by atoms with E-state index >= 15 is 0 Å². The average Bonchev–Trinajstić information content (AvgIpc) is 2.63. The molecule has 1 atom stereocenters. The summed E-state index contributed by atoms with van der Waals surface area (Å²) in [5.74, 6) is 1.13. The molecule has 2 nitrogen and oxygen atoms in total. The third-order valence-electron chi connectivity index (χ3n) is 4.68. The van der Waals surface area contributed by atoms with Crippen LogP contribution < -0.4 is 0 Å². The zero-order valence-electron chi connectivity index (χ0n) is 15.8. The highest BCUT2D eigenvalue weighted by atomic mass is 16.6. The van der Waals surface area contributed by atoms with E-state index in [9.17, 15) is 0 Å². The maximum absolute atomic E-state index is 5.53. The molecule has 0 aliphatic carbocycles. The number of aryl methyl sites for hydroxylation is 2. The molecule has 134 valence electrons. The van der Waals surface area contributed by atoms with Crippen molar-refractivity contribution >= 4 is 5.71 Å². The van der Waals surface area contributed by atoms with Crippen LogP contribution in [0.25, 0.3) is 0 Å². The third-order valence-corrected chi connectivity index (χ3v) is 4.68. The lowest BCUT2D eigenvalue weighted by Gasteiger charge is -2.23. The van der Waals surface area contributed by atoms with Gasteiger partial charge in [-0.15, -0.1) is 0 Å². The summed E-state index contributed by atoms with van der Waals surface area (Å²) in [6, 6.07) is 21.6. The average molecular weight is 338 g/mol. The molecule has 0 radical (unpaired) electrons. The fourth-order valence-corrected chi connectivity index (χ4v) is 3.13. The monoisotopic (exact) mass is 337 g/mol. The summed E-state index contributed by atoms with van der Waals surface area (Å²) in [7, 11) is 0. The number of oxime groups is 1. The van der Waals surface area contributed by atoms with Crippen LogP contribution in [0.3, 0.4) is 0 Å². The van der Waals surface area contributed by atoms with Crippen molar-refractivity contribution in [1.29, 1.82) is 0 Å². The van der Waals surface area contributed by atoms with Crippen LogP contribution in [0.1, 0.15) is 44.7 Å². The molecule has 0 aliphatic rings. The number of hydrogen-bond donors (Lipinski definition) is 0. The molecule has 2 rings (SSSR count). The van der Waals surface area contributed by atoms with E-state index in [0.29, 0.717) is 18.4 Å². The van der Waals surface area contributed by atoms with Crippen molar-refractivity contribution in [3.05, 3.63) is 71.8 Å². The Labute approximate surface area is 152 Å². The molecule has 0 N–H and O–H groups in total. The summed E-state index contributed by atoms with van der Waals surface area (Å²) in [6.45, 7) is 6.92. The Kier molecular flexibility index (Phi) is 8.24. The van der Waals surface area contributed by atoms with E-state index in [4.69, 9.17) is 4.84 Å². The summed E-state index contributed by atoms with van der Waals surface area (Å²) >= 11 is 0. The molecule has 0 unspecified atom stereocenters. The molecule has 0 saturated carbocycles. The first-order valence-electron chi connectivity index (χ1n) is 9.36. The zero-order valence-corrected chi connectivity index (χ0v) is 15.8. The molecule has 0 spiro atoms. The molecule has 0 heterocycles. The summed E-state index contributed by atoms with van der Waals surface area (Å²) in [4.78, 5) is 5.53. The predicted octanol–water partition coefficient (Wildman–Crippen LogP) is 5.92. The van der Waals surface area contributed by atoms with E-state index in [1.54, 1.807) is 0 Å². The Hall–Kier alpha value is -2.09. The van der Waals surface area contributed by atoms with Gasteiger partial charge in [-0.05, 0) is 62.5 Å². The lowest BCUT2D eigenvalue weighted by molar-refractivity contribution is 0.0853. The molecule has 0 aliphatic heterocycles. The molecule has 0 saturated heterocycles. The summed E-state index contributed by atoms with van der Waals surface area (Å²) in [5, 5.41) is 4.10. The molecule has 2 heteroatoms. The van der Waals surface area contributed by atoms with Gasteiger partial charge in [-0.1, -0.05) is 72.7 Å². The molecule has 0 bridgehead atoms. The van der Waals surface area contributed by atoms with Gasteiger partial charge in [0.15, 0.2) is 0 Å². The number of rotatable bonds is 10. The van der Waals surface area contributed by atoms with Gasteiger partial charge in [0.2, 0.25) is 0 Å². The molecule has 0 amide bonds. The van der Waals surface area contributed by atoms with E-state index in [-0.39, 0.29) is 0 Å². The van der Waals surface area contributed by atoms with Crippen LogP contribution in [0.15, 0.2) is 65.8 Å². The lowest BCUT2D eigenvalue weighted by Crippen LogP contribution is -2.18. The van der Waals surface area contributed by atoms with E-state index in [1.807, 2.05) is 13.8 Å². The molecular weight excluding hydrogens is 306 g/mol. The number of hydrogen-bond acceptors (Lipinski definition) is 2. The molecule has 2 aromatic rings. The van der Waals surface area contributed by atoms with Crippen molar-refractivity contribution in [2.75, 3.05) is 6.61 Å². The molecular formula is C23H31NO. The van der Waals surface area contributed by atoms with Gasteiger partial charge in [-0.2, -0.15) is 0 Å². The van der Waals surface area contributed by atoms with Gasteiger partial charge < -0.3 is 4.84 Å². The highest BCUT2D eigenvalue weighted by Gasteiger charge is 2.18. The fraction of sp³-hybridized carbons (Fsp3) is 0.435. The van der Waals surface area contributed by atoms with Crippen LogP contribution in [0.2, 0.25) is 0 Å². The maximum Gasteiger partial charge on any atom is 0.120 e. The van der Waals surface area contributed by atoms with Gasteiger partial charge in [0, 0.05) is 0 Å². The van der Waals surface area contributed by atoms with Crippen molar-refractivity contribution < 1.29 is 4.84 Å². The van der Waals surface area contributed by atoms with Crippen LogP contribution in [-0.2, 0) is 17.7 Å². The SMILES string of the molecule is CC(C)=NOC[C@H](C)C(CCc1ccccc1)CCc1ccccc1. The number of nitrogens with zero attached hydrogens (tertiary/aromatic N) is 1. The molecule has 2 aromatic carbocycles. The van der Waals surface area contributed by atoms with Crippen molar-refractivity contribution in [3.8, 4) is 0 Å². The van der Waals surface area contributed by atoms with Crippen LogP contribution in [0.5, 0.6) is 0 Å². The molecule has 0 aromatic heterocycles. The van der Waals surface area contributed by atoms with E-state index in [2.05, 4.69) is 72.7 Å². The van der Waals surface area contributed by atoms with Crippen molar-refractivity contribution in [3.63, 3.8) is 0 Å². The second-order valence-corrected chi connectivity index (χ2v) is 7.12. The van der Waals surface area contributed by atoms with Gasteiger partial charge in [-0.3, -0.25) is 0 Å². The van der Waals surface area contributed by atoms with Gasteiger partial charge in [-0.25, -0.2) is 0 Å². The lowest BCUT2D eigenvalue weighted by atomic mass is 9.84. The third kappa shape index (κ3) is 7.55. The zero-order chi connectivity index (χ0) is 17.9. The van der Waals surface area contributed by atoms with Gasteiger partial charge in [0.05, 0.1) is 5.71 Å². The summed E-state index contributed by atoms with van der Waals surface area (Å²) in [6.07, 6.45) is 4.63. The van der Waals surface area contributed by atoms with Gasteiger partial charge in [0.25, 0.3) is 0 Å². The van der Waals surface area contributed by atoms with Gasteiger partial charge in [0.1, 0.15) is 6.61 Å². The molecule has 0 fully saturated rings. The first-order valence-corrected chi connectivity index (χ1v) is 9.36. The number of benzene rings is 2. The normalized spacial score (nSPS) is 12.0. The molecule has 25 heavy (non-hydrogen) atoms. The van der Waals surface area contributed by atoms with E-state index < -0.39 is 0 Å². The van der Waals surface area contributed by atoms with Crippen LogP contribution in [-0.4, -0.2) is 12.3 Å². The first-order chi connectivity index (χ1) is 12.1. The predicted molar refractivity (Wildman–Crippen MR) is 107 cm³/mol. The largest absolute Gasteiger partial charge is 0.396 e. The summed E-state index contributed by atoms with van der Waals surface area (Å²) in [5.41, 5.74) is 3.81. The van der Waals surface area contributed by atoms with E-state index in [1.165, 1.54) is 24.0 Å². The van der Waals surface area contributed by atoms with Crippen LogP contribution in [0.4, 0.5) is 0 Å². The van der Waals surface area contributed by atoms with E-state index in [0.717, 1.165) is 18.6 Å².